The van der Waals surface area contributed by atoms with Gasteiger partial charge >= 0.3 is 0 Å². The van der Waals surface area contributed by atoms with Gasteiger partial charge in [-0.3, -0.25) is 4.79 Å². The van der Waals surface area contributed by atoms with Crippen LogP contribution in [0.15, 0.2) is 30.3 Å². The SMILES string of the molecule is Cc1ccc(N)c(C)c1NC(=O)c1c(O)cccc1O. The fourth-order valence-corrected chi connectivity index (χ4v) is 1.99. The Balaban J connectivity index is 2.41. The molecule has 0 aliphatic heterocycles. The molecule has 0 spiro atoms. The van der Waals surface area contributed by atoms with Gasteiger partial charge in [-0.15, -0.1) is 0 Å². The number of aryl methyl sites for hydroxylation is 1. The molecule has 0 bridgehead atoms. The number of nitrogen functional groups attached to an aromatic ring is 1. The third kappa shape index (κ3) is 2.38. The van der Waals surface area contributed by atoms with Gasteiger partial charge < -0.3 is 21.3 Å². The lowest BCUT2D eigenvalue weighted by molar-refractivity contribution is 0.102. The van der Waals surface area contributed by atoms with Crippen LogP contribution in [0.4, 0.5) is 11.4 Å². The van der Waals surface area contributed by atoms with Gasteiger partial charge in [0, 0.05) is 11.4 Å². The molecule has 0 aromatic heterocycles. The number of anilines is 2. The molecule has 0 radical (unpaired) electrons. The zero-order valence-electron chi connectivity index (χ0n) is 11.3. The fraction of sp³-hybridized carbons (Fsp3) is 0.133. The Morgan fingerprint density at radius 3 is 2.30 bits per heavy atom. The quantitative estimate of drug-likeness (QED) is 0.632. The summed E-state index contributed by atoms with van der Waals surface area (Å²) in [6.45, 7) is 3.63. The fourth-order valence-electron chi connectivity index (χ4n) is 1.99. The van der Waals surface area contributed by atoms with Crippen molar-refractivity contribution in [2.24, 2.45) is 0 Å². The van der Waals surface area contributed by atoms with Gasteiger partial charge in [0.25, 0.3) is 5.91 Å². The summed E-state index contributed by atoms with van der Waals surface area (Å²) >= 11 is 0. The highest BCUT2D eigenvalue weighted by Crippen LogP contribution is 2.30. The molecule has 2 rings (SSSR count). The maximum atomic E-state index is 12.2. The average Bonchev–Trinajstić information content (AvgIpc) is 2.39. The second kappa shape index (κ2) is 5.13. The van der Waals surface area contributed by atoms with Gasteiger partial charge in [-0.1, -0.05) is 12.1 Å². The molecule has 5 heteroatoms. The summed E-state index contributed by atoms with van der Waals surface area (Å²) in [5.74, 6) is -1.14. The molecule has 0 fully saturated rings. The van der Waals surface area contributed by atoms with E-state index in [1.54, 1.807) is 19.1 Å². The van der Waals surface area contributed by atoms with Crippen molar-refractivity contribution in [1.29, 1.82) is 0 Å². The first-order valence-corrected chi connectivity index (χ1v) is 6.09. The topological polar surface area (TPSA) is 95.6 Å². The standard InChI is InChI=1S/C15H16N2O3/c1-8-6-7-10(16)9(2)14(8)17-15(20)13-11(18)4-3-5-12(13)19/h3-7,18-19H,16H2,1-2H3,(H,17,20). The smallest absolute Gasteiger partial charge is 0.263 e. The zero-order chi connectivity index (χ0) is 14.9. The van der Waals surface area contributed by atoms with Crippen LogP contribution in [0.3, 0.4) is 0 Å². The van der Waals surface area contributed by atoms with Gasteiger partial charge in [0.2, 0.25) is 0 Å². The highest BCUT2D eigenvalue weighted by Gasteiger charge is 2.18. The third-order valence-corrected chi connectivity index (χ3v) is 3.20. The molecular weight excluding hydrogens is 256 g/mol. The van der Waals surface area contributed by atoms with Gasteiger partial charge in [-0.05, 0) is 43.2 Å². The van der Waals surface area contributed by atoms with Crippen LogP contribution in [0.5, 0.6) is 11.5 Å². The summed E-state index contributed by atoms with van der Waals surface area (Å²) in [7, 11) is 0. The number of hydrogen-bond acceptors (Lipinski definition) is 4. The number of rotatable bonds is 2. The van der Waals surface area contributed by atoms with E-state index in [0.717, 1.165) is 11.1 Å². The van der Waals surface area contributed by atoms with Gasteiger partial charge in [0.15, 0.2) is 0 Å². The Morgan fingerprint density at radius 2 is 1.70 bits per heavy atom. The predicted molar refractivity (Wildman–Crippen MR) is 78.1 cm³/mol. The van der Waals surface area contributed by atoms with Crippen LogP contribution in [0, 0.1) is 13.8 Å². The van der Waals surface area contributed by atoms with E-state index < -0.39 is 5.91 Å². The second-order valence-electron chi connectivity index (χ2n) is 4.60. The molecule has 2 aromatic rings. The molecule has 0 saturated carbocycles. The number of carbonyl (C=O) groups is 1. The van der Waals surface area contributed by atoms with E-state index in [2.05, 4.69) is 5.32 Å². The van der Waals surface area contributed by atoms with Gasteiger partial charge in [0.05, 0.1) is 0 Å². The summed E-state index contributed by atoms with van der Waals surface area (Å²) in [5.41, 5.74) is 8.39. The molecule has 20 heavy (non-hydrogen) atoms. The Bertz CT molecular complexity index is 661. The van der Waals surface area contributed by atoms with Crippen molar-refractivity contribution in [3.63, 3.8) is 0 Å². The number of phenols is 2. The first-order valence-electron chi connectivity index (χ1n) is 6.09. The minimum Gasteiger partial charge on any atom is -0.507 e. The van der Waals surface area contributed by atoms with Crippen LogP contribution in [0.2, 0.25) is 0 Å². The highest BCUT2D eigenvalue weighted by atomic mass is 16.3. The first kappa shape index (κ1) is 13.7. The van der Waals surface area contributed by atoms with Crippen LogP contribution >= 0.6 is 0 Å². The predicted octanol–water partition coefficient (Wildman–Crippen LogP) is 2.55. The molecule has 0 aliphatic carbocycles. The summed E-state index contributed by atoms with van der Waals surface area (Å²) in [6.07, 6.45) is 0. The van der Waals surface area contributed by atoms with Crippen LogP contribution in [-0.4, -0.2) is 16.1 Å². The van der Waals surface area contributed by atoms with Crippen LogP contribution in [-0.2, 0) is 0 Å². The highest BCUT2D eigenvalue weighted by molar-refractivity contribution is 6.08. The monoisotopic (exact) mass is 272 g/mol. The van der Waals surface area contributed by atoms with Crippen LogP contribution in [0.1, 0.15) is 21.5 Å². The number of nitrogens with two attached hydrogens (primary N) is 1. The molecule has 0 unspecified atom stereocenters. The summed E-state index contributed by atoms with van der Waals surface area (Å²) in [6, 6.07) is 7.69. The Labute approximate surface area is 116 Å². The Kier molecular flexibility index (Phi) is 3.52. The third-order valence-electron chi connectivity index (χ3n) is 3.20. The molecule has 1 amide bonds. The molecule has 0 heterocycles. The van der Waals surface area contributed by atoms with Crippen molar-refractivity contribution < 1.29 is 15.0 Å². The minimum absolute atomic E-state index is 0.159. The Hall–Kier alpha value is -2.69. The summed E-state index contributed by atoms with van der Waals surface area (Å²) < 4.78 is 0. The summed E-state index contributed by atoms with van der Waals surface area (Å²) in [4.78, 5) is 12.2. The number of phenolic OH excluding ortho intramolecular Hbond substituents is 2. The second-order valence-corrected chi connectivity index (χ2v) is 4.60. The van der Waals surface area contributed by atoms with E-state index in [9.17, 15) is 15.0 Å². The van der Waals surface area contributed by atoms with E-state index in [0.29, 0.717) is 11.4 Å². The number of amides is 1. The number of benzene rings is 2. The van der Waals surface area contributed by atoms with E-state index >= 15 is 0 Å². The van der Waals surface area contributed by atoms with Crippen LogP contribution < -0.4 is 11.1 Å². The van der Waals surface area contributed by atoms with Gasteiger partial charge in [0.1, 0.15) is 17.1 Å². The van der Waals surface area contributed by atoms with Crippen molar-refractivity contribution in [1.82, 2.24) is 0 Å². The molecule has 0 aliphatic rings. The number of hydrogen-bond donors (Lipinski definition) is 4. The molecule has 104 valence electrons. The van der Waals surface area contributed by atoms with Crippen LogP contribution in [0.25, 0.3) is 0 Å². The van der Waals surface area contributed by atoms with Crippen molar-refractivity contribution in [2.45, 2.75) is 13.8 Å². The first-order chi connectivity index (χ1) is 9.41. The van der Waals surface area contributed by atoms with E-state index in [1.807, 2.05) is 6.92 Å². The summed E-state index contributed by atoms with van der Waals surface area (Å²) in [5, 5.41) is 22.1. The van der Waals surface area contributed by atoms with E-state index in [-0.39, 0.29) is 17.1 Å². The molecule has 0 saturated heterocycles. The van der Waals surface area contributed by atoms with Crippen molar-refractivity contribution in [3.8, 4) is 11.5 Å². The number of aromatic hydroxyl groups is 2. The Morgan fingerprint density at radius 1 is 1.10 bits per heavy atom. The van der Waals surface area contributed by atoms with Crippen molar-refractivity contribution in [3.05, 3.63) is 47.0 Å². The lowest BCUT2D eigenvalue weighted by atomic mass is 10.1. The molecular formula is C15H16N2O3. The van der Waals surface area contributed by atoms with E-state index in [1.165, 1.54) is 18.2 Å². The molecule has 5 nitrogen and oxygen atoms in total. The maximum Gasteiger partial charge on any atom is 0.263 e. The number of carbonyl (C=O) groups excluding carboxylic acids is 1. The zero-order valence-corrected chi connectivity index (χ0v) is 11.3. The molecule has 5 N–H and O–H groups in total. The minimum atomic E-state index is -0.586. The van der Waals surface area contributed by atoms with Gasteiger partial charge in [-0.25, -0.2) is 0 Å². The lowest BCUT2D eigenvalue weighted by Crippen LogP contribution is -2.14. The molecule has 0 atom stereocenters. The average molecular weight is 272 g/mol. The van der Waals surface area contributed by atoms with Gasteiger partial charge in [-0.2, -0.15) is 0 Å². The van der Waals surface area contributed by atoms with E-state index in [4.69, 9.17) is 5.73 Å². The maximum absolute atomic E-state index is 12.2. The van der Waals surface area contributed by atoms with Crippen molar-refractivity contribution in [2.75, 3.05) is 11.1 Å². The largest absolute Gasteiger partial charge is 0.507 e. The normalized spacial score (nSPS) is 10.3. The molecule has 2 aromatic carbocycles. The lowest BCUT2D eigenvalue weighted by Gasteiger charge is -2.14. The van der Waals surface area contributed by atoms with Crippen molar-refractivity contribution >= 4 is 17.3 Å². The number of nitrogens with one attached hydrogen (secondary N) is 1.